The molecular formula is C28H28ClN7O2. The van der Waals surface area contributed by atoms with Gasteiger partial charge in [-0.15, -0.1) is 0 Å². The first kappa shape index (κ1) is 24.2. The van der Waals surface area contributed by atoms with Crippen LogP contribution in [0.3, 0.4) is 0 Å². The van der Waals surface area contributed by atoms with Crippen molar-refractivity contribution in [3.63, 3.8) is 0 Å². The Morgan fingerprint density at radius 2 is 1.84 bits per heavy atom. The van der Waals surface area contributed by atoms with Gasteiger partial charge in [0.2, 0.25) is 0 Å². The largest absolute Gasteiger partial charge is 0.446 e. The molecule has 5 aromatic rings. The van der Waals surface area contributed by atoms with Gasteiger partial charge in [0.05, 0.1) is 40.0 Å². The van der Waals surface area contributed by atoms with Crippen LogP contribution in [0.1, 0.15) is 31.5 Å². The summed E-state index contributed by atoms with van der Waals surface area (Å²) in [6.07, 6.45) is 10.7. The summed E-state index contributed by atoms with van der Waals surface area (Å²) in [7, 11) is 3.82. The standard InChI is InChI=1S/C28H28ClN7O2/c1-17-30-15-26(35(17)3)18-8-9-23(22(29)10-18)33-27-12-25-19(13-31-27)11-24(20-14-32-34(2)16-20)36(25)28(37)38-21-6-4-5-7-21/h8-16,21H,4-7H2,1-3H3,(H,31,33). The van der Waals surface area contributed by atoms with Crippen molar-refractivity contribution in [2.75, 3.05) is 5.32 Å². The molecule has 0 unspecified atom stereocenters. The van der Waals surface area contributed by atoms with Gasteiger partial charge in [-0.1, -0.05) is 17.7 Å². The van der Waals surface area contributed by atoms with Crippen LogP contribution in [0.25, 0.3) is 33.4 Å². The average molecular weight is 530 g/mol. The van der Waals surface area contributed by atoms with Crippen molar-refractivity contribution in [1.29, 1.82) is 0 Å². The molecule has 194 valence electrons. The molecule has 4 aromatic heterocycles. The van der Waals surface area contributed by atoms with Crippen molar-refractivity contribution in [3.8, 4) is 22.5 Å². The van der Waals surface area contributed by atoms with Gasteiger partial charge in [-0.3, -0.25) is 4.68 Å². The quantitative estimate of drug-likeness (QED) is 0.280. The second kappa shape index (κ2) is 9.64. The number of fused-ring (bicyclic) bond motifs is 1. The number of aryl methyl sites for hydroxylation is 2. The van der Waals surface area contributed by atoms with E-state index in [1.807, 2.05) is 68.3 Å². The number of hydrogen-bond acceptors (Lipinski definition) is 6. The van der Waals surface area contributed by atoms with Crippen molar-refractivity contribution in [1.82, 2.24) is 28.9 Å². The van der Waals surface area contributed by atoms with E-state index in [2.05, 4.69) is 20.4 Å². The lowest BCUT2D eigenvalue weighted by Crippen LogP contribution is -2.20. The molecule has 1 aliphatic rings. The Bertz CT molecular complexity index is 1660. The van der Waals surface area contributed by atoms with Gasteiger partial charge < -0.3 is 14.6 Å². The number of imidazole rings is 1. The first-order chi connectivity index (χ1) is 18.4. The van der Waals surface area contributed by atoms with E-state index in [4.69, 9.17) is 16.3 Å². The number of carbonyl (C=O) groups is 1. The second-order valence-electron chi connectivity index (χ2n) is 9.76. The molecule has 0 spiro atoms. The Hall–Kier alpha value is -4.11. The summed E-state index contributed by atoms with van der Waals surface area (Å²) in [5.41, 5.74) is 4.89. The van der Waals surface area contributed by atoms with Crippen LogP contribution in [0, 0.1) is 6.92 Å². The minimum atomic E-state index is -0.392. The van der Waals surface area contributed by atoms with Crippen LogP contribution in [0.4, 0.5) is 16.3 Å². The summed E-state index contributed by atoms with van der Waals surface area (Å²) in [6.45, 7) is 1.96. The van der Waals surface area contributed by atoms with Gasteiger partial charge in [0.25, 0.3) is 0 Å². The van der Waals surface area contributed by atoms with Crippen LogP contribution in [-0.4, -0.2) is 41.1 Å². The van der Waals surface area contributed by atoms with Crippen LogP contribution >= 0.6 is 11.6 Å². The minimum Gasteiger partial charge on any atom is -0.446 e. The van der Waals surface area contributed by atoms with E-state index in [0.717, 1.165) is 53.7 Å². The lowest BCUT2D eigenvalue weighted by molar-refractivity contribution is 0.104. The van der Waals surface area contributed by atoms with Crippen LogP contribution < -0.4 is 5.32 Å². The molecule has 0 radical (unpaired) electrons. The van der Waals surface area contributed by atoms with Crippen molar-refractivity contribution in [2.45, 2.75) is 38.7 Å². The van der Waals surface area contributed by atoms with Gasteiger partial charge in [0.15, 0.2) is 0 Å². The molecule has 1 fully saturated rings. The highest BCUT2D eigenvalue weighted by molar-refractivity contribution is 6.33. The van der Waals surface area contributed by atoms with Gasteiger partial charge in [0.1, 0.15) is 17.7 Å². The molecule has 1 aliphatic carbocycles. The zero-order chi connectivity index (χ0) is 26.4. The number of carbonyl (C=O) groups excluding carboxylic acids is 1. The predicted molar refractivity (Wildman–Crippen MR) is 148 cm³/mol. The Kier molecular flexibility index (Phi) is 6.15. The fraction of sp³-hybridized carbons (Fsp3) is 0.286. The molecule has 0 aliphatic heterocycles. The van der Waals surface area contributed by atoms with Crippen molar-refractivity contribution < 1.29 is 9.53 Å². The van der Waals surface area contributed by atoms with Crippen molar-refractivity contribution in [2.24, 2.45) is 14.1 Å². The Balaban J connectivity index is 1.36. The molecule has 9 nitrogen and oxygen atoms in total. The molecule has 1 N–H and O–H groups in total. The normalized spacial score (nSPS) is 13.9. The number of ether oxygens (including phenoxy) is 1. The topological polar surface area (TPSA) is 91.8 Å². The number of pyridine rings is 1. The van der Waals surface area contributed by atoms with E-state index in [1.165, 1.54) is 0 Å². The molecule has 1 saturated carbocycles. The maximum Gasteiger partial charge on any atom is 0.419 e. The summed E-state index contributed by atoms with van der Waals surface area (Å²) in [5, 5.41) is 8.97. The molecule has 10 heteroatoms. The van der Waals surface area contributed by atoms with E-state index in [1.54, 1.807) is 21.6 Å². The number of anilines is 2. The van der Waals surface area contributed by atoms with Crippen LogP contribution in [0.15, 0.2) is 55.1 Å². The molecule has 0 amide bonds. The number of halogens is 1. The molecule has 0 bridgehead atoms. The van der Waals surface area contributed by atoms with Gasteiger partial charge in [-0.25, -0.2) is 19.3 Å². The third kappa shape index (κ3) is 4.43. The lowest BCUT2D eigenvalue weighted by Gasteiger charge is -2.15. The highest BCUT2D eigenvalue weighted by Gasteiger charge is 2.24. The van der Waals surface area contributed by atoms with Crippen LogP contribution in [-0.2, 0) is 18.8 Å². The smallest absolute Gasteiger partial charge is 0.419 e. The molecule has 0 atom stereocenters. The van der Waals surface area contributed by atoms with Gasteiger partial charge >= 0.3 is 6.09 Å². The Morgan fingerprint density at radius 1 is 1.03 bits per heavy atom. The van der Waals surface area contributed by atoms with E-state index in [-0.39, 0.29) is 6.10 Å². The summed E-state index contributed by atoms with van der Waals surface area (Å²) in [4.78, 5) is 22.4. The SMILES string of the molecule is Cc1ncc(-c2ccc(Nc3cc4c(cn3)cc(-c3cnn(C)c3)n4C(=O)OC3CCCC3)c(Cl)c2)n1C. The fourth-order valence-corrected chi connectivity index (χ4v) is 5.25. The average Bonchev–Trinajstić information content (AvgIpc) is 3.69. The summed E-state index contributed by atoms with van der Waals surface area (Å²) in [6, 6.07) is 9.60. The maximum absolute atomic E-state index is 13.4. The second-order valence-corrected chi connectivity index (χ2v) is 10.2. The third-order valence-electron chi connectivity index (χ3n) is 7.19. The highest BCUT2D eigenvalue weighted by Crippen LogP contribution is 2.34. The monoisotopic (exact) mass is 529 g/mol. The van der Waals surface area contributed by atoms with E-state index in [0.29, 0.717) is 27.7 Å². The zero-order valence-corrected chi connectivity index (χ0v) is 22.2. The number of rotatable bonds is 5. The fourth-order valence-electron chi connectivity index (χ4n) is 5.02. The molecule has 4 heterocycles. The van der Waals surface area contributed by atoms with Gasteiger partial charge in [-0.05, 0) is 50.8 Å². The van der Waals surface area contributed by atoms with Crippen molar-refractivity contribution in [3.05, 3.63) is 66.0 Å². The van der Waals surface area contributed by atoms with E-state index >= 15 is 0 Å². The summed E-state index contributed by atoms with van der Waals surface area (Å²) >= 11 is 6.66. The first-order valence-corrected chi connectivity index (χ1v) is 13.0. The number of nitrogens with zero attached hydrogens (tertiary/aromatic N) is 6. The highest BCUT2D eigenvalue weighted by atomic mass is 35.5. The zero-order valence-electron chi connectivity index (χ0n) is 21.5. The molecule has 1 aromatic carbocycles. The molecule has 6 rings (SSSR count). The number of hydrogen-bond donors (Lipinski definition) is 1. The van der Waals surface area contributed by atoms with Gasteiger partial charge in [-0.2, -0.15) is 5.10 Å². The maximum atomic E-state index is 13.4. The number of benzene rings is 1. The number of nitrogens with one attached hydrogen (secondary N) is 1. The summed E-state index contributed by atoms with van der Waals surface area (Å²) in [5.74, 6) is 1.49. The van der Waals surface area contributed by atoms with E-state index < -0.39 is 6.09 Å². The molecule has 38 heavy (non-hydrogen) atoms. The van der Waals surface area contributed by atoms with Crippen LogP contribution in [0.5, 0.6) is 0 Å². The van der Waals surface area contributed by atoms with Crippen LogP contribution in [0.2, 0.25) is 5.02 Å². The lowest BCUT2D eigenvalue weighted by atomic mass is 10.1. The Morgan fingerprint density at radius 3 is 2.53 bits per heavy atom. The minimum absolute atomic E-state index is 0.0540. The van der Waals surface area contributed by atoms with E-state index in [9.17, 15) is 4.79 Å². The third-order valence-corrected chi connectivity index (χ3v) is 7.50. The number of aromatic nitrogens is 6. The molecular weight excluding hydrogens is 502 g/mol. The first-order valence-electron chi connectivity index (χ1n) is 12.6. The van der Waals surface area contributed by atoms with Crippen molar-refractivity contribution >= 4 is 40.1 Å². The Labute approximate surface area is 225 Å². The van der Waals surface area contributed by atoms with Gasteiger partial charge in [0, 0.05) is 49.1 Å². The predicted octanol–water partition coefficient (Wildman–Crippen LogP) is 6.47. The summed E-state index contributed by atoms with van der Waals surface area (Å²) < 4.78 is 11.3. The molecule has 0 saturated heterocycles.